The molecule has 0 aromatic heterocycles. The smallest absolute Gasteiger partial charge is 0.319 e. The molecule has 0 saturated carbocycles. The van der Waals surface area contributed by atoms with Crippen LogP contribution in [0.2, 0.25) is 0 Å². The Morgan fingerprint density at radius 1 is 1.44 bits per heavy atom. The number of aliphatic hydroxyl groups excluding tert-OH is 1. The molecule has 1 rings (SSSR count). The van der Waals surface area contributed by atoms with Gasteiger partial charge in [0.2, 0.25) is 0 Å². The first kappa shape index (κ1) is 15.0. The van der Waals surface area contributed by atoms with Crippen LogP contribution in [-0.2, 0) is 0 Å². The van der Waals surface area contributed by atoms with E-state index < -0.39 is 5.54 Å². The second-order valence-corrected chi connectivity index (χ2v) is 5.81. The molecule has 1 aromatic rings. The van der Waals surface area contributed by atoms with Gasteiger partial charge in [0.25, 0.3) is 0 Å². The van der Waals surface area contributed by atoms with Crippen LogP contribution in [0.15, 0.2) is 22.7 Å². The summed E-state index contributed by atoms with van der Waals surface area (Å²) in [6.07, 6.45) is 0.514. The number of rotatable bonds is 4. The third kappa shape index (κ3) is 4.66. The molecule has 0 heterocycles. The summed E-state index contributed by atoms with van der Waals surface area (Å²) in [5, 5.41) is 14.5. The van der Waals surface area contributed by atoms with Crippen LogP contribution < -0.4 is 10.6 Å². The summed E-state index contributed by atoms with van der Waals surface area (Å²) in [4.78, 5) is 11.8. The van der Waals surface area contributed by atoms with Gasteiger partial charge in [0.05, 0.1) is 0 Å². The fourth-order valence-corrected chi connectivity index (χ4v) is 2.05. The summed E-state index contributed by atoms with van der Waals surface area (Å²) >= 11 is 3.38. The summed E-state index contributed by atoms with van der Waals surface area (Å²) in [5.41, 5.74) is 1.33. The maximum atomic E-state index is 11.8. The van der Waals surface area contributed by atoms with Crippen LogP contribution in [0.1, 0.15) is 25.8 Å². The van der Waals surface area contributed by atoms with Crippen molar-refractivity contribution in [2.24, 2.45) is 0 Å². The van der Waals surface area contributed by atoms with E-state index in [2.05, 4.69) is 26.6 Å². The van der Waals surface area contributed by atoms with E-state index in [1.807, 2.05) is 39.0 Å². The van der Waals surface area contributed by atoms with Gasteiger partial charge >= 0.3 is 6.03 Å². The number of hydrogen-bond donors (Lipinski definition) is 3. The lowest BCUT2D eigenvalue weighted by Crippen LogP contribution is -2.46. The molecule has 0 saturated heterocycles. The van der Waals surface area contributed by atoms with Gasteiger partial charge < -0.3 is 15.7 Å². The lowest BCUT2D eigenvalue weighted by Gasteiger charge is -2.25. The number of anilines is 1. The second-order valence-electron chi connectivity index (χ2n) is 4.90. The van der Waals surface area contributed by atoms with E-state index in [1.54, 1.807) is 0 Å². The fourth-order valence-electron chi connectivity index (χ4n) is 1.57. The third-order valence-corrected chi connectivity index (χ3v) is 3.12. The number of benzene rings is 1. The number of halogens is 1. The van der Waals surface area contributed by atoms with Crippen molar-refractivity contribution in [3.63, 3.8) is 0 Å². The predicted octanol–water partition coefficient (Wildman–Crippen LogP) is 3.04. The van der Waals surface area contributed by atoms with Gasteiger partial charge in [-0.2, -0.15) is 0 Å². The Hall–Kier alpha value is -1.07. The maximum absolute atomic E-state index is 11.8. The molecule has 1 aromatic carbocycles. The van der Waals surface area contributed by atoms with Gasteiger partial charge in [-0.05, 0) is 51.0 Å². The molecular formula is C13H19BrN2O2. The highest BCUT2D eigenvalue weighted by molar-refractivity contribution is 9.10. The van der Waals surface area contributed by atoms with Crippen LogP contribution in [0.5, 0.6) is 0 Å². The Bertz CT molecular complexity index is 433. The van der Waals surface area contributed by atoms with E-state index in [1.165, 1.54) is 0 Å². The highest BCUT2D eigenvalue weighted by Gasteiger charge is 2.19. The molecule has 100 valence electrons. The Morgan fingerprint density at radius 3 is 2.67 bits per heavy atom. The highest BCUT2D eigenvalue weighted by Crippen LogP contribution is 2.20. The molecule has 0 atom stereocenters. The SMILES string of the molecule is Cc1cc(Br)ccc1NC(=O)NC(C)(C)CCO. The minimum atomic E-state index is -0.428. The number of amides is 2. The average molecular weight is 315 g/mol. The zero-order valence-electron chi connectivity index (χ0n) is 10.9. The van der Waals surface area contributed by atoms with Crippen LogP contribution in [0.25, 0.3) is 0 Å². The molecule has 4 nitrogen and oxygen atoms in total. The molecular weight excluding hydrogens is 296 g/mol. The third-order valence-electron chi connectivity index (χ3n) is 2.63. The average Bonchev–Trinajstić information content (AvgIpc) is 2.21. The molecule has 0 fully saturated rings. The molecule has 0 unspecified atom stereocenters. The summed E-state index contributed by atoms with van der Waals surface area (Å²) < 4.78 is 0.978. The van der Waals surface area contributed by atoms with Crippen LogP contribution in [-0.4, -0.2) is 23.3 Å². The van der Waals surface area contributed by atoms with Gasteiger partial charge in [0.15, 0.2) is 0 Å². The largest absolute Gasteiger partial charge is 0.396 e. The minimum absolute atomic E-state index is 0.0462. The summed E-state index contributed by atoms with van der Waals surface area (Å²) in [6.45, 7) is 5.72. The van der Waals surface area contributed by atoms with Crippen LogP contribution in [0.3, 0.4) is 0 Å². The van der Waals surface area contributed by atoms with E-state index in [4.69, 9.17) is 5.11 Å². The van der Waals surface area contributed by atoms with E-state index in [0.29, 0.717) is 6.42 Å². The zero-order chi connectivity index (χ0) is 13.8. The highest BCUT2D eigenvalue weighted by atomic mass is 79.9. The van der Waals surface area contributed by atoms with Crippen molar-refractivity contribution < 1.29 is 9.90 Å². The molecule has 0 aliphatic heterocycles. The Labute approximate surface area is 116 Å². The molecule has 3 N–H and O–H groups in total. The second kappa shape index (κ2) is 6.20. The normalized spacial score (nSPS) is 11.2. The van der Waals surface area contributed by atoms with Gasteiger partial charge in [-0.3, -0.25) is 0 Å². The van der Waals surface area contributed by atoms with Crippen molar-refractivity contribution in [3.05, 3.63) is 28.2 Å². The topological polar surface area (TPSA) is 61.4 Å². The minimum Gasteiger partial charge on any atom is -0.396 e. The van der Waals surface area contributed by atoms with Crippen molar-refractivity contribution in [3.8, 4) is 0 Å². The van der Waals surface area contributed by atoms with Crippen molar-refractivity contribution in [1.29, 1.82) is 0 Å². The monoisotopic (exact) mass is 314 g/mol. The van der Waals surface area contributed by atoms with E-state index in [9.17, 15) is 4.79 Å². The number of aliphatic hydroxyl groups is 1. The van der Waals surface area contributed by atoms with E-state index in [0.717, 1.165) is 15.7 Å². The van der Waals surface area contributed by atoms with E-state index >= 15 is 0 Å². The lowest BCUT2D eigenvalue weighted by atomic mass is 10.0. The van der Waals surface area contributed by atoms with Crippen LogP contribution >= 0.6 is 15.9 Å². The van der Waals surface area contributed by atoms with Gasteiger partial charge in [-0.1, -0.05) is 15.9 Å². The predicted molar refractivity (Wildman–Crippen MR) is 76.8 cm³/mol. The summed E-state index contributed by atoms with van der Waals surface area (Å²) in [7, 11) is 0. The molecule has 18 heavy (non-hydrogen) atoms. The molecule has 2 amide bonds. The van der Waals surface area contributed by atoms with Crippen molar-refractivity contribution in [2.45, 2.75) is 32.7 Å². The molecule has 5 heteroatoms. The van der Waals surface area contributed by atoms with Crippen LogP contribution in [0, 0.1) is 6.92 Å². The number of carbonyl (C=O) groups is 1. The van der Waals surface area contributed by atoms with Gasteiger partial charge in [-0.25, -0.2) is 4.79 Å². The standard InChI is InChI=1S/C13H19BrN2O2/c1-9-8-10(14)4-5-11(9)15-12(18)16-13(2,3)6-7-17/h4-5,8,17H,6-7H2,1-3H3,(H2,15,16,18). The molecule has 0 radical (unpaired) electrons. The number of hydrogen-bond acceptors (Lipinski definition) is 2. The first-order valence-electron chi connectivity index (χ1n) is 5.80. The van der Waals surface area contributed by atoms with Gasteiger partial charge in [0, 0.05) is 22.3 Å². The number of carbonyl (C=O) groups excluding carboxylic acids is 1. The van der Waals surface area contributed by atoms with E-state index in [-0.39, 0.29) is 12.6 Å². The Balaban J connectivity index is 2.65. The quantitative estimate of drug-likeness (QED) is 0.800. The van der Waals surface area contributed by atoms with Gasteiger partial charge in [-0.15, -0.1) is 0 Å². The molecule has 0 aliphatic rings. The van der Waals surface area contributed by atoms with Crippen molar-refractivity contribution in [1.82, 2.24) is 5.32 Å². The number of nitrogens with one attached hydrogen (secondary N) is 2. The number of aryl methyl sites for hydroxylation is 1. The Kier molecular flexibility index (Phi) is 5.16. The molecule has 0 aliphatic carbocycles. The molecule has 0 bridgehead atoms. The summed E-state index contributed by atoms with van der Waals surface area (Å²) in [6, 6.07) is 5.40. The number of urea groups is 1. The Morgan fingerprint density at radius 2 is 2.11 bits per heavy atom. The zero-order valence-corrected chi connectivity index (χ0v) is 12.5. The van der Waals surface area contributed by atoms with Crippen molar-refractivity contribution >= 4 is 27.6 Å². The summed E-state index contributed by atoms with van der Waals surface area (Å²) in [5.74, 6) is 0. The fraction of sp³-hybridized carbons (Fsp3) is 0.462. The molecule has 0 spiro atoms. The maximum Gasteiger partial charge on any atom is 0.319 e. The van der Waals surface area contributed by atoms with Crippen LogP contribution in [0.4, 0.5) is 10.5 Å². The van der Waals surface area contributed by atoms with Crippen molar-refractivity contribution in [2.75, 3.05) is 11.9 Å². The lowest BCUT2D eigenvalue weighted by molar-refractivity contribution is 0.218. The van der Waals surface area contributed by atoms with Gasteiger partial charge in [0.1, 0.15) is 0 Å². The first-order valence-corrected chi connectivity index (χ1v) is 6.59. The first-order chi connectivity index (χ1) is 8.34.